The SMILES string of the molecule is C/C=C\c1cc(C2CCC(CCC)CC2)nc(Cc2ccc(C3CCOCC3)cc2)c1C=O.[HH]. The first kappa shape index (κ1) is 23.9. The normalized spacial score (nSPS) is 22.0. The number of hydrogen-bond acceptors (Lipinski definition) is 3. The molecule has 1 aliphatic heterocycles. The number of carbonyl (C=O) groups excluding carboxylic acids is 1. The Labute approximate surface area is 201 Å². The molecule has 3 nitrogen and oxygen atoms in total. The van der Waals surface area contributed by atoms with E-state index in [2.05, 4.69) is 43.3 Å². The van der Waals surface area contributed by atoms with Crippen molar-refractivity contribution in [1.82, 2.24) is 4.98 Å². The van der Waals surface area contributed by atoms with Gasteiger partial charge in [0.2, 0.25) is 0 Å². The highest BCUT2D eigenvalue weighted by atomic mass is 16.5. The highest BCUT2D eigenvalue weighted by Gasteiger charge is 2.24. The Morgan fingerprint density at radius 3 is 2.39 bits per heavy atom. The van der Waals surface area contributed by atoms with Gasteiger partial charge >= 0.3 is 0 Å². The predicted octanol–water partition coefficient (Wildman–Crippen LogP) is 7.73. The number of allylic oxidation sites excluding steroid dienone is 1. The van der Waals surface area contributed by atoms with E-state index in [1.807, 2.05) is 13.0 Å². The maximum Gasteiger partial charge on any atom is 0.152 e. The van der Waals surface area contributed by atoms with Gasteiger partial charge in [0.05, 0.1) is 5.69 Å². The summed E-state index contributed by atoms with van der Waals surface area (Å²) in [5.74, 6) is 1.99. The molecule has 2 heterocycles. The van der Waals surface area contributed by atoms with Gasteiger partial charge in [0.1, 0.15) is 0 Å². The average Bonchev–Trinajstić information content (AvgIpc) is 2.86. The van der Waals surface area contributed by atoms with Gasteiger partial charge in [-0.1, -0.05) is 56.2 Å². The van der Waals surface area contributed by atoms with E-state index < -0.39 is 0 Å². The molecule has 0 amide bonds. The van der Waals surface area contributed by atoms with Crippen LogP contribution in [-0.2, 0) is 11.2 Å². The average molecular weight is 448 g/mol. The fourth-order valence-corrected chi connectivity index (χ4v) is 5.74. The van der Waals surface area contributed by atoms with E-state index in [4.69, 9.17) is 9.72 Å². The summed E-state index contributed by atoms with van der Waals surface area (Å²) >= 11 is 0. The minimum atomic E-state index is 0. The second-order valence-electron chi connectivity index (χ2n) is 9.93. The molecule has 0 unspecified atom stereocenters. The first-order valence-electron chi connectivity index (χ1n) is 13.0. The van der Waals surface area contributed by atoms with Crippen molar-refractivity contribution in [2.75, 3.05) is 13.2 Å². The molecule has 0 N–H and O–H groups in total. The first-order valence-corrected chi connectivity index (χ1v) is 13.0. The van der Waals surface area contributed by atoms with Gasteiger partial charge in [-0.2, -0.15) is 0 Å². The van der Waals surface area contributed by atoms with Crippen LogP contribution in [0.4, 0.5) is 0 Å². The summed E-state index contributed by atoms with van der Waals surface area (Å²) in [6, 6.07) is 11.1. The van der Waals surface area contributed by atoms with E-state index in [-0.39, 0.29) is 1.43 Å². The first-order chi connectivity index (χ1) is 16.2. The van der Waals surface area contributed by atoms with Crippen molar-refractivity contribution in [3.05, 3.63) is 70.0 Å². The number of nitrogens with zero attached hydrogens (tertiary/aromatic N) is 1. The van der Waals surface area contributed by atoms with Crippen molar-refractivity contribution in [2.24, 2.45) is 5.92 Å². The third kappa shape index (κ3) is 6.00. The fraction of sp³-hybridized carbons (Fsp3) is 0.533. The van der Waals surface area contributed by atoms with Crippen LogP contribution in [-0.4, -0.2) is 24.5 Å². The molecule has 2 aromatic rings. The Balaban J connectivity index is 0.00000324. The lowest BCUT2D eigenvalue weighted by Crippen LogP contribution is -2.16. The molecule has 4 rings (SSSR count). The van der Waals surface area contributed by atoms with Crippen molar-refractivity contribution < 1.29 is 11.0 Å². The molecule has 2 aliphatic rings. The van der Waals surface area contributed by atoms with E-state index in [0.29, 0.717) is 18.3 Å². The molecule has 0 atom stereocenters. The van der Waals surface area contributed by atoms with E-state index in [0.717, 1.165) is 55.1 Å². The number of aldehydes is 1. The summed E-state index contributed by atoms with van der Waals surface area (Å²) in [4.78, 5) is 17.2. The minimum absolute atomic E-state index is 0. The van der Waals surface area contributed by atoms with E-state index in [1.165, 1.54) is 55.3 Å². The lowest BCUT2D eigenvalue weighted by atomic mass is 9.78. The Hall–Kier alpha value is -2.26. The van der Waals surface area contributed by atoms with Crippen LogP contribution in [0.15, 0.2) is 36.4 Å². The smallest absolute Gasteiger partial charge is 0.152 e. The monoisotopic (exact) mass is 447 g/mol. The molecule has 1 aliphatic carbocycles. The number of rotatable bonds is 8. The fourth-order valence-electron chi connectivity index (χ4n) is 5.74. The summed E-state index contributed by atoms with van der Waals surface area (Å²) in [6.45, 7) is 6.02. The van der Waals surface area contributed by atoms with Crippen LogP contribution in [0.1, 0.15) is 117 Å². The molecule has 1 aromatic carbocycles. The molecule has 33 heavy (non-hydrogen) atoms. The number of hydrogen-bond donors (Lipinski definition) is 0. The van der Waals surface area contributed by atoms with Gasteiger partial charge in [-0.3, -0.25) is 9.78 Å². The molecule has 178 valence electrons. The van der Waals surface area contributed by atoms with Gasteiger partial charge in [0, 0.05) is 38.2 Å². The molecule has 0 spiro atoms. The summed E-state index contributed by atoms with van der Waals surface area (Å²) in [7, 11) is 0. The zero-order chi connectivity index (χ0) is 23.0. The summed E-state index contributed by atoms with van der Waals surface area (Å²) in [6.07, 6.45) is 15.7. The quantitative estimate of drug-likeness (QED) is 0.389. The standard InChI is InChI=1S/C30H39NO2.H2/c1-3-5-22-7-13-26(14-8-22)29-20-27(6-4-2)28(21-32)30(31-29)19-23-9-11-24(12-10-23)25-15-17-33-18-16-25;/h4,6,9-12,20-22,25-26H,3,5,7-8,13-19H2,1-2H3;1H/b6-4-;. The predicted molar refractivity (Wildman–Crippen MR) is 138 cm³/mol. The van der Waals surface area contributed by atoms with Crippen molar-refractivity contribution in [3.63, 3.8) is 0 Å². The Morgan fingerprint density at radius 1 is 1.03 bits per heavy atom. The molecule has 0 radical (unpaired) electrons. The summed E-state index contributed by atoms with van der Waals surface area (Å²) in [5, 5.41) is 0. The molecular weight excluding hydrogens is 406 g/mol. The lowest BCUT2D eigenvalue weighted by Gasteiger charge is -2.28. The van der Waals surface area contributed by atoms with Crippen LogP contribution in [0.2, 0.25) is 0 Å². The van der Waals surface area contributed by atoms with Gasteiger partial charge in [-0.15, -0.1) is 0 Å². The maximum absolute atomic E-state index is 12.1. The van der Waals surface area contributed by atoms with Gasteiger partial charge in [0.25, 0.3) is 0 Å². The summed E-state index contributed by atoms with van der Waals surface area (Å²) < 4.78 is 5.51. The second-order valence-corrected chi connectivity index (χ2v) is 9.93. The zero-order valence-corrected chi connectivity index (χ0v) is 20.4. The number of pyridine rings is 1. The topological polar surface area (TPSA) is 39.2 Å². The molecule has 1 saturated heterocycles. The van der Waals surface area contributed by atoms with E-state index in [1.54, 1.807) is 0 Å². The molecule has 1 saturated carbocycles. The Morgan fingerprint density at radius 2 is 1.76 bits per heavy atom. The van der Waals surface area contributed by atoms with Crippen LogP contribution in [0.5, 0.6) is 0 Å². The molecular formula is C30H41NO2. The number of aromatic nitrogens is 1. The van der Waals surface area contributed by atoms with Crippen LogP contribution >= 0.6 is 0 Å². The summed E-state index contributed by atoms with van der Waals surface area (Å²) in [5.41, 5.74) is 6.48. The van der Waals surface area contributed by atoms with Gasteiger partial charge in [-0.05, 0) is 80.0 Å². The van der Waals surface area contributed by atoms with Crippen molar-refractivity contribution >= 4 is 12.4 Å². The van der Waals surface area contributed by atoms with Crippen LogP contribution in [0.3, 0.4) is 0 Å². The van der Waals surface area contributed by atoms with Crippen molar-refractivity contribution in [2.45, 2.75) is 83.5 Å². The van der Waals surface area contributed by atoms with Crippen LogP contribution in [0.25, 0.3) is 6.08 Å². The van der Waals surface area contributed by atoms with Crippen molar-refractivity contribution in [1.29, 1.82) is 0 Å². The van der Waals surface area contributed by atoms with Gasteiger partial charge < -0.3 is 4.74 Å². The van der Waals surface area contributed by atoms with Crippen molar-refractivity contribution in [3.8, 4) is 0 Å². The third-order valence-corrected chi connectivity index (χ3v) is 7.66. The molecule has 0 bridgehead atoms. The maximum atomic E-state index is 12.1. The van der Waals surface area contributed by atoms with Gasteiger partial charge in [0.15, 0.2) is 6.29 Å². The van der Waals surface area contributed by atoms with E-state index >= 15 is 0 Å². The number of carbonyl (C=O) groups is 1. The zero-order valence-electron chi connectivity index (χ0n) is 20.4. The van der Waals surface area contributed by atoms with Gasteiger partial charge in [-0.25, -0.2) is 0 Å². The van der Waals surface area contributed by atoms with Crippen LogP contribution < -0.4 is 0 Å². The highest BCUT2D eigenvalue weighted by molar-refractivity contribution is 5.83. The molecule has 3 heteroatoms. The lowest BCUT2D eigenvalue weighted by molar-refractivity contribution is 0.0853. The third-order valence-electron chi connectivity index (χ3n) is 7.66. The molecule has 2 fully saturated rings. The van der Waals surface area contributed by atoms with E-state index in [9.17, 15) is 4.79 Å². The molecule has 1 aromatic heterocycles. The second kappa shape index (κ2) is 11.7. The Kier molecular flexibility index (Phi) is 8.50. The van der Waals surface area contributed by atoms with Crippen LogP contribution in [0, 0.1) is 5.92 Å². The number of benzene rings is 1. The number of ether oxygens (including phenoxy) is 1. The Bertz CT molecular complexity index is 939. The minimum Gasteiger partial charge on any atom is -0.381 e. The largest absolute Gasteiger partial charge is 0.381 e. The highest BCUT2D eigenvalue weighted by Crippen LogP contribution is 2.38.